The fourth-order valence-corrected chi connectivity index (χ4v) is 6.18. The Balaban J connectivity index is 1.43. The summed E-state index contributed by atoms with van der Waals surface area (Å²) in [6, 6.07) is 19.8. The molecule has 0 aliphatic carbocycles. The summed E-state index contributed by atoms with van der Waals surface area (Å²) in [5.41, 5.74) is 4.91. The molecule has 3 aromatic carbocycles. The first-order valence-electron chi connectivity index (χ1n) is 14.1. The lowest BCUT2D eigenvalue weighted by Gasteiger charge is -2.38. The van der Waals surface area contributed by atoms with Crippen molar-refractivity contribution in [2.75, 3.05) is 65.5 Å². The maximum atomic E-state index is 14.2. The van der Waals surface area contributed by atoms with E-state index in [4.69, 9.17) is 14.2 Å². The van der Waals surface area contributed by atoms with E-state index in [-0.39, 0.29) is 17.7 Å². The average Bonchev–Trinajstić information content (AvgIpc) is 3.46. The second-order valence-corrected chi connectivity index (χ2v) is 10.8. The largest absolute Gasteiger partial charge is 0.493 e. The van der Waals surface area contributed by atoms with E-state index in [1.165, 1.54) is 11.3 Å². The molecule has 2 atom stereocenters. The van der Waals surface area contributed by atoms with Gasteiger partial charge in [0.2, 0.25) is 11.7 Å². The zero-order valence-corrected chi connectivity index (χ0v) is 24.6. The summed E-state index contributed by atoms with van der Waals surface area (Å²) in [5.74, 6) is 0.967. The number of piperazine rings is 1. The lowest BCUT2D eigenvalue weighted by atomic mass is 9.87. The van der Waals surface area contributed by atoms with E-state index in [1.807, 2.05) is 59.2 Å². The quantitative estimate of drug-likeness (QED) is 0.425. The Hall–Kier alpha value is -4.20. The lowest BCUT2D eigenvalue weighted by molar-refractivity contribution is -0.135. The second kappa shape index (κ2) is 12.1. The summed E-state index contributed by atoms with van der Waals surface area (Å²) in [4.78, 5) is 34.0. The molecule has 216 valence electrons. The van der Waals surface area contributed by atoms with Crippen LogP contribution in [0.3, 0.4) is 0 Å². The third-order valence-electron chi connectivity index (χ3n) is 8.46. The number of aryl methyl sites for hydroxylation is 2. The zero-order chi connectivity index (χ0) is 29.1. The van der Waals surface area contributed by atoms with Crippen LogP contribution in [0.25, 0.3) is 0 Å². The Bertz CT molecular complexity index is 1390. The van der Waals surface area contributed by atoms with Crippen molar-refractivity contribution in [2.45, 2.75) is 19.8 Å². The minimum Gasteiger partial charge on any atom is -0.493 e. The number of hydrogen-bond donors (Lipinski definition) is 0. The van der Waals surface area contributed by atoms with Crippen molar-refractivity contribution in [2.24, 2.45) is 5.92 Å². The summed E-state index contributed by atoms with van der Waals surface area (Å²) < 4.78 is 16.8. The highest BCUT2D eigenvalue weighted by Gasteiger charge is 2.43. The molecule has 0 spiro atoms. The van der Waals surface area contributed by atoms with E-state index in [2.05, 4.69) is 30.0 Å². The minimum absolute atomic E-state index is 0.0554. The van der Waals surface area contributed by atoms with Crippen LogP contribution in [0.5, 0.6) is 17.2 Å². The van der Waals surface area contributed by atoms with Gasteiger partial charge in [-0.2, -0.15) is 0 Å². The summed E-state index contributed by atoms with van der Waals surface area (Å²) >= 11 is 0. The lowest BCUT2D eigenvalue weighted by Crippen LogP contribution is -2.51. The predicted molar refractivity (Wildman–Crippen MR) is 159 cm³/mol. The molecule has 5 rings (SSSR count). The van der Waals surface area contributed by atoms with Gasteiger partial charge in [-0.1, -0.05) is 36.4 Å². The van der Waals surface area contributed by atoms with Gasteiger partial charge in [-0.25, -0.2) is 0 Å². The minimum atomic E-state index is -0.393. The van der Waals surface area contributed by atoms with E-state index in [0.29, 0.717) is 49.0 Å². The van der Waals surface area contributed by atoms with Gasteiger partial charge < -0.3 is 28.9 Å². The van der Waals surface area contributed by atoms with Gasteiger partial charge in [-0.05, 0) is 54.8 Å². The number of nitrogens with zero attached hydrogens (tertiary/aromatic N) is 3. The number of benzene rings is 3. The highest BCUT2D eigenvalue weighted by Crippen LogP contribution is 2.44. The molecule has 0 unspecified atom stereocenters. The van der Waals surface area contributed by atoms with Gasteiger partial charge in [-0.15, -0.1) is 0 Å². The van der Waals surface area contributed by atoms with Crippen LogP contribution in [0.2, 0.25) is 0 Å². The molecule has 0 saturated carbocycles. The Morgan fingerprint density at radius 1 is 0.732 bits per heavy atom. The monoisotopic (exact) mass is 557 g/mol. The van der Waals surface area contributed by atoms with Crippen molar-refractivity contribution in [3.8, 4) is 17.2 Å². The molecule has 0 radical (unpaired) electrons. The molecule has 2 aliphatic heterocycles. The molecule has 0 bridgehead atoms. The number of ether oxygens (including phenoxy) is 3. The van der Waals surface area contributed by atoms with Crippen LogP contribution in [0.4, 0.5) is 5.69 Å². The molecular weight excluding hydrogens is 518 g/mol. The number of hydrogen-bond acceptors (Lipinski definition) is 6. The van der Waals surface area contributed by atoms with Crippen molar-refractivity contribution >= 4 is 17.5 Å². The fourth-order valence-electron chi connectivity index (χ4n) is 6.18. The normalized spacial score (nSPS) is 18.8. The van der Waals surface area contributed by atoms with Gasteiger partial charge in [0.15, 0.2) is 11.5 Å². The molecule has 2 aliphatic rings. The molecule has 2 saturated heterocycles. The highest BCUT2D eigenvalue weighted by molar-refractivity contribution is 5.96. The van der Waals surface area contributed by atoms with Crippen LogP contribution in [0, 0.1) is 19.8 Å². The van der Waals surface area contributed by atoms with Crippen molar-refractivity contribution in [1.82, 2.24) is 9.80 Å². The average molecular weight is 558 g/mol. The number of likely N-dealkylation sites (tertiary alicyclic amines) is 1. The Morgan fingerprint density at radius 3 is 1.93 bits per heavy atom. The van der Waals surface area contributed by atoms with Gasteiger partial charge in [-0.3, -0.25) is 9.59 Å². The van der Waals surface area contributed by atoms with Crippen molar-refractivity contribution in [3.63, 3.8) is 0 Å². The molecule has 0 N–H and O–H groups in total. The van der Waals surface area contributed by atoms with Crippen molar-refractivity contribution < 1.29 is 23.8 Å². The molecule has 0 aromatic heterocycles. The highest BCUT2D eigenvalue weighted by atomic mass is 16.5. The topological polar surface area (TPSA) is 71.6 Å². The molecule has 2 heterocycles. The molecule has 8 heteroatoms. The zero-order valence-electron chi connectivity index (χ0n) is 24.6. The van der Waals surface area contributed by atoms with Gasteiger partial charge in [0.25, 0.3) is 5.91 Å². The van der Waals surface area contributed by atoms with E-state index in [9.17, 15) is 9.59 Å². The molecule has 3 aromatic rings. The maximum Gasteiger partial charge on any atom is 0.254 e. The van der Waals surface area contributed by atoms with Crippen molar-refractivity contribution in [3.05, 3.63) is 82.9 Å². The van der Waals surface area contributed by atoms with Gasteiger partial charge in [0.05, 0.1) is 27.2 Å². The Kier molecular flexibility index (Phi) is 8.38. The molecule has 2 fully saturated rings. The van der Waals surface area contributed by atoms with Crippen LogP contribution < -0.4 is 19.1 Å². The van der Waals surface area contributed by atoms with Crippen LogP contribution in [0.1, 0.15) is 33.0 Å². The summed E-state index contributed by atoms with van der Waals surface area (Å²) in [6.45, 7) is 7.64. The van der Waals surface area contributed by atoms with E-state index in [0.717, 1.165) is 24.2 Å². The third-order valence-corrected chi connectivity index (χ3v) is 8.46. The number of anilines is 1. The van der Waals surface area contributed by atoms with Gasteiger partial charge in [0.1, 0.15) is 0 Å². The first-order chi connectivity index (χ1) is 19.9. The maximum absolute atomic E-state index is 14.2. The fraction of sp³-hybridized carbons (Fsp3) is 0.394. The summed E-state index contributed by atoms with van der Waals surface area (Å²) in [6.07, 6.45) is 0. The third kappa shape index (κ3) is 5.56. The van der Waals surface area contributed by atoms with E-state index in [1.54, 1.807) is 21.3 Å². The first kappa shape index (κ1) is 28.3. The molecule has 2 amide bonds. The molecular formula is C33H39N3O5. The van der Waals surface area contributed by atoms with E-state index >= 15 is 0 Å². The SMILES string of the molecule is COc1cc([C@@H]2CN(C(=O)c3ccccc3C)C[C@@H]2C(=O)N2CCN(c3ccccc3C)CC2)cc(OC)c1OC. The van der Waals surface area contributed by atoms with Gasteiger partial charge in [0, 0.05) is 56.4 Å². The number of para-hydroxylation sites is 1. The Morgan fingerprint density at radius 2 is 1.34 bits per heavy atom. The number of amides is 2. The number of rotatable bonds is 7. The van der Waals surface area contributed by atoms with Crippen LogP contribution in [-0.2, 0) is 4.79 Å². The molecule has 41 heavy (non-hydrogen) atoms. The number of methoxy groups -OCH3 is 3. The summed E-state index contributed by atoms with van der Waals surface area (Å²) in [7, 11) is 4.74. The smallest absolute Gasteiger partial charge is 0.254 e. The predicted octanol–water partition coefficient (Wildman–Crippen LogP) is 4.53. The number of carbonyl (C=O) groups is 2. The second-order valence-electron chi connectivity index (χ2n) is 10.8. The van der Waals surface area contributed by atoms with E-state index < -0.39 is 5.92 Å². The first-order valence-corrected chi connectivity index (χ1v) is 14.1. The van der Waals surface area contributed by atoms with Crippen LogP contribution in [0.15, 0.2) is 60.7 Å². The standard InChI is InChI=1S/C33H39N3O5/c1-22-10-6-8-12-25(22)32(37)36-20-26(24-18-29(39-3)31(41-5)30(19-24)40-4)27(21-36)33(38)35-16-14-34(15-17-35)28-13-9-7-11-23(28)2/h6-13,18-19,26-27H,14-17,20-21H2,1-5H3/t26-,27-/m0/s1. The Labute approximate surface area is 242 Å². The van der Waals surface area contributed by atoms with Crippen LogP contribution >= 0.6 is 0 Å². The van der Waals surface area contributed by atoms with Crippen molar-refractivity contribution in [1.29, 1.82) is 0 Å². The van der Waals surface area contributed by atoms with Gasteiger partial charge >= 0.3 is 0 Å². The van der Waals surface area contributed by atoms with Crippen LogP contribution in [-0.4, -0.2) is 82.2 Å². The number of carbonyl (C=O) groups excluding carboxylic acids is 2. The summed E-state index contributed by atoms with van der Waals surface area (Å²) in [5, 5.41) is 0. The molecule has 8 nitrogen and oxygen atoms in total.